The first-order chi connectivity index (χ1) is 16.5. The van der Waals surface area contributed by atoms with Crippen molar-refractivity contribution in [3.63, 3.8) is 0 Å². The third kappa shape index (κ3) is 3.91. The molecule has 0 amide bonds. The Balaban J connectivity index is 1.20. The number of anilines is 1. The topological polar surface area (TPSA) is 53.1 Å². The minimum Gasteiger partial charge on any atom is -0.371 e. The fourth-order valence-electron chi connectivity index (χ4n) is 5.55. The molecule has 0 radical (unpaired) electrons. The van der Waals surface area contributed by atoms with Gasteiger partial charge in [-0.15, -0.1) is 0 Å². The first kappa shape index (κ1) is 21.8. The zero-order valence-corrected chi connectivity index (χ0v) is 20.4. The van der Waals surface area contributed by atoms with Gasteiger partial charge in [-0.25, -0.2) is 0 Å². The van der Waals surface area contributed by atoms with Gasteiger partial charge in [0.05, 0.1) is 21.7 Å². The largest absolute Gasteiger partial charge is 0.371 e. The Morgan fingerprint density at radius 2 is 1.71 bits per heavy atom. The van der Waals surface area contributed by atoms with Crippen LogP contribution >= 0.6 is 23.2 Å². The number of allylic oxidation sites excluding steroid dienone is 1. The van der Waals surface area contributed by atoms with Crippen molar-refractivity contribution in [2.24, 2.45) is 5.41 Å². The van der Waals surface area contributed by atoms with Gasteiger partial charge in [0, 0.05) is 35.8 Å². The molecule has 0 N–H and O–H groups in total. The molecule has 0 unspecified atom stereocenters. The smallest absolute Gasteiger partial charge is 0.147 e. The van der Waals surface area contributed by atoms with Crippen LogP contribution in [0.3, 0.4) is 0 Å². The van der Waals surface area contributed by atoms with Crippen molar-refractivity contribution in [3.8, 4) is 17.3 Å². The van der Waals surface area contributed by atoms with E-state index in [1.807, 2.05) is 30.3 Å². The van der Waals surface area contributed by atoms with Gasteiger partial charge >= 0.3 is 0 Å². The van der Waals surface area contributed by atoms with E-state index in [1.165, 1.54) is 24.1 Å². The number of hydrogen-bond acceptors (Lipinski definition) is 4. The Kier molecular flexibility index (Phi) is 5.43. The molecule has 3 aliphatic rings. The molecule has 0 bridgehead atoms. The standard InChI is InChI=1S/C28H25Cl2N3O/c29-23-2-1-3-24(30)25(23)26-22(27(34-32-26)20-6-7-20)14-19-15-28(16-19)10-12-33(13-11-28)21-8-4-18(17-31)5-9-21/h1-5,8-9,14,20H,6-7,10-13,15-16H2. The van der Waals surface area contributed by atoms with Gasteiger partial charge in [-0.3, -0.25) is 0 Å². The van der Waals surface area contributed by atoms with Gasteiger partial charge in [0.2, 0.25) is 0 Å². The van der Waals surface area contributed by atoms with Crippen LogP contribution in [0.5, 0.6) is 0 Å². The highest BCUT2D eigenvalue weighted by molar-refractivity contribution is 6.39. The molecule has 3 fully saturated rings. The van der Waals surface area contributed by atoms with E-state index in [2.05, 4.69) is 34.3 Å². The zero-order chi connectivity index (χ0) is 23.3. The van der Waals surface area contributed by atoms with Crippen molar-refractivity contribution in [1.29, 1.82) is 5.26 Å². The van der Waals surface area contributed by atoms with Crippen LogP contribution in [0, 0.1) is 16.7 Å². The summed E-state index contributed by atoms with van der Waals surface area (Å²) in [6.07, 6.45) is 9.22. The molecule has 3 aromatic rings. The van der Waals surface area contributed by atoms with Crippen molar-refractivity contribution in [2.75, 3.05) is 18.0 Å². The maximum atomic E-state index is 9.03. The maximum absolute atomic E-state index is 9.03. The summed E-state index contributed by atoms with van der Waals surface area (Å²) in [5, 5.41) is 14.7. The average molecular weight is 490 g/mol. The molecule has 6 rings (SSSR count). The first-order valence-corrected chi connectivity index (χ1v) is 12.7. The van der Waals surface area contributed by atoms with E-state index in [9.17, 15) is 0 Å². The van der Waals surface area contributed by atoms with Crippen molar-refractivity contribution in [1.82, 2.24) is 5.16 Å². The molecular formula is C28H25Cl2N3O. The molecule has 2 aliphatic carbocycles. The van der Waals surface area contributed by atoms with Crippen LogP contribution in [-0.2, 0) is 0 Å². The van der Waals surface area contributed by atoms with Gasteiger partial charge in [0.25, 0.3) is 0 Å². The molecule has 2 saturated carbocycles. The van der Waals surface area contributed by atoms with Crippen molar-refractivity contribution >= 4 is 35.0 Å². The summed E-state index contributed by atoms with van der Waals surface area (Å²) in [6.45, 7) is 2.11. The lowest BCUT2D eigenvalue weighted by atomic mass is 9.60. The van der Waals surface area contributed by atoms with Crippen LogP contribution in [0.2, 0.25) is 10.0 Å². The molecule has 2 aromatic carbocycles. The number of piperidine rings is 1. The molecule has 34 heavy (non-hydrogen) atoms. The predicted octanol–water partition coefficient (Wildman–Crippen LogP) is 7.86. The van der Waals surface area contributed by atoms with E-state index in [0.29, 0.717) is 26.9 Å². The summed E-state index contributed by atoms with van der Waals surface area (Å²) in [6, 6.07) is 15.7. The van der Waals surface area contributed by atoms with E-state index in [1.54, 1.807) is 0 Å². The number of benzene rings is 2. The van der Waals surface area contributed by atoms with Crippen LogP contribution in [0.25, 0.3) is 17.3 Å². The second-order valence-electron chi connectivity index (χ2n) is 9.98. The van der Waals surface area contributed by atoms with Crippen LogP contribution in [0.1, 0.15) is 61.3 Å². The summed E-state index contributed by atoms with van der Waals surface area (Å²) in [4.78, 5) is 2.44. The summed E-state index contributed by atoms with van der Waals surface area (Å²) in [5.74, 6) is 1.44. The highest BCUT2D eigenvalue weighted by atomic mass is 35.5. The number of aromatic nitrogens is 1. The monoisotopic (exact) mass is 489 g/mol. The highest BCUT2D eigenvalue weighted by Crippen LogP contribution is 2.54. The quantitative estimate of drug-likeness (QED) is 0.374. The minimum absolute atomic E-state index is 0.397. The van der Waals surface area contributed by atoms with E-state index in [0.717, 1.165) is 61.4 Å². The second-order valence-corrected chi connectivity index (χ2v) is 10.8. The number of nitriles is 1. The number of hydrogen-bond donors (Lipinski definition) is 0. The minimum atomic E-state index is 0.397. The normalized spacial score (nSPS) is 19.1. The van der Waals surface area contributed by atoms with Gasteiger partial charge in [-0.2, -0.15) is 5.26 Å². The lowest BCUT2D eigenvalue weighted by Gasteiger charge is -2.50. The summed E-state index contributed by atoms with van der Waals surface area (Å²) in [7, 11) is 0. The molecule has 0 atom stereocenters. The molecular weight excluding hydrogens is 465 g/mol. The fraction of sp³-hybridized carbons (Fsp3) is 0.357. The van der Waals surface area contributed by atoms with Crippen LogP contribution in [0.4, 0.5) is 5.69 Å². The van der Waals surface area contributed by atoms with Gasteiger partial charge in [-0.1, -0.05) is 40.0 Å². The van der Waals surface area contributed by atoms with E-state index < -0.39 is 0 Å². The van der Waals surface area contributed by atoms with E-state index >= 15 is 0 Å². The molecule has 1 spiro atoms. The third-order valence-electron chi connectivity index (χ3n) is 7.64. The molecule has 2 heterocycles. The Hall–Kier alpha value is -2.74. The SMILES string of the molecule is N#Cc1ccc(N2CCC3(CC2)CC(=Cc2c(-c4c(Cl)cccc4Cl)noc2C2CC2)C3)cc1. The molecule has 1 aromatic heterocycles. The summed E-state index contributed by atoms with van der Waals surface area (Å²) in [5.41, 5.74) is 6.37. The van der Waals surface area contributed by atoms with Gasteiger partial charge in [0.1, 0.15) is 11.5 Å². The van der Waals surface area contributed by atoms with Crippen molar-refractivity contribution in [2.45, 2.75) is 44.4 Å². The van der Waals surface area contributed by atoms with Gasteiger partial charge < -0.3 is 9.42 Å². The van der Waals surface area contributed by atoms with E-state index in [-0.39, 0.29) is 0 Å². The number of halogens is 2. The molecule has 4 nitrogen and oxygen atoms in total. The summed E-state index contributed by atoms with van der Waals surface area (Å²) >= 11 is 13.0. The average Bonchev–Trinajstić information content (AvgIpc) is 3.60. The Morgan fingerprint density at radius 3 is 2.32 bits per heavy atom. The van der Waals surface area contributed by atoms with Crippen LogP contribution in [-0.4, -0.2) is 18.2 Å². The zero-order valence-electron chi connectivity index (χ0n) is 18.9. The fourth-order valence-corrected chi connectivity index (χ4v) is 6.13. The molecule has 1 saturated heterocycles. The number of rotatable bonds is 4. The van der Waals surface area contributed by atoms with Gasteiger partial charge in [-0.05, 0) is 86.4 Å². The number of nitrogens with zero attached hydrogens (tertiary/aromatic N) is 3. The van der Waals surface area contributed by atoms with E-state index in [4.69, 9.17) is 33.0 Å². The predicted molar refractivity (Wildman–Crippen MR) is 136 cm³/mol. The molecule has 1 aliphatic heterocycles. The third-order valence-corrected chi connectivity index (χ3v) is 8.27. The lowest BCUT2D eigenvalue weighted by Crippen LogP contribution is -2.44. The Bertz CT molecular complexity index is 1280. The maximum Gasteiger partial charge on any atom is 0.147 e. The van der Waals surface area contributed by atoms with Crippen molar-refractivity contribution in [3.05, 3.63) is 75.0 Å². The van der Waals surface area contributed by atoms with Crippen molar-refractivity contribution < 1.29 is 4.52 Å². The lowest BCUT2D eigenvalue weighted by molar-refractivity contribution is 0.155. The molecule has 172 valence electrons. The highest BCUT2D eigenvalue weighted by Gasteiger charge is 2.43. The van der Waals surface area contributed by atoms with Crippen LogP contribution < -0.4 is 4.90 Å². The summed E-state index contributed by atoms with van der Waals surface area (Å²) < 4.78 is 5.83. The Labute approximate surface area is 209 Å². The second kappa shape index (κ2) is 8.48. The first-order valence-electron chi connectivity index (χ1n) is 11.9. The Morgan fingerprint density at radius 1 is 1.03 bits per heavy atom. The molecule has 6 heteroatoms. The van der Waals surface area contributed by atoms with Crippen LogP contribution in [0.15, 0.2) is 52.6 Å². The van der Waals surface area contributed by atoms with Gasteiger partial charge in [0.15, 0.2) is 0 Å².